The number of halogens is 1. The molecule has 1 N–H and O–H groups in total. The van der Waals surface area contributed by atoms with E-state index in [4.69, 9.17) is 11.6 Å². The van der Waals surface area contributed by atoms with Gasteiger partial charge in [-0.2, -0.15) is 0 Å². The molecular formula is C25H25ClN4O2. The Morgan fingerprint density at radius 2 is 1.88 bits per heavy atom. The van der Waals surface area contributed by atoms with Gasteiger partial charge >= 0.3 is 0 Å². The van der Waals surface area contributed by atoms with Crippen molar-refractivity contribution in [1.82, 2.24) is 20.2 Å². The Balaban J connectivity index is 1.42. The summed E-state index contributed by atoms with van der Waals surface area (Å²) < 4.78 is 0. The van der Waals surface area contributed by atoms with Crippen LogP contribution in [0.15, 0.2) is 60.9 Å². The number of aromatic nitrogens is 2. The van der Waals surface area contributed by atoms with Gasteiger partial charge in [-0.1, -0.05) is 35.9 Å². The first kappa shape index (κ1) is 22.0. The lowest BCUT2D eigenvalue weighted by molar-refractivity contribution is -0.132. The maximum atomic E-state index is 12.9. The monoisotopic (exact) mass is 448 g/mol. The number of amides is 2. The molecule has 4 rings (SSSR count). The van der Waals surface area contributed by atoms with Crippen LogP contribution in [0.4, 0.5) is 0 Å². The zero-order chi connectivity index (χ0) is 22.5. The smallest absolute Gasteiger partial charge is 0.269 e. The van der Waals surface area contributed by atoms with Crippen molar-refractivity contribution in [2.45, 2.75) is 31.7 Å². The Bertz CT molecular complexity index is 1100. The van der Waals surface area contributed by atoms with Crippen molar-refractivity contribution in [3.05, 3.63) is 82.9 Å². The number of carbonyl (C=O) groups excluding carboxylic acids is 2. The fourth-order valence-electron chi connectivity index (χ4n) is 4.06. The number of hydrogen-bond donors (Lipinski definition) is 1. The van der Waals surface area contributed by atoms with Crippen LogP contribution in [0.5, 0.6) is 0 Å². The Kier molecular flexibility index (Phi) is 6.81. The van der Waals surface area contributed by atoms with Crippen molar-refractivity contribution >= 4 is 23.4 Å². The molecule has 1 atom stereocenters. The summed E-state index contributed by atoms with van der Waals surface area (Å²) in [5.41, 5.74) is 4.15. The second kappa shape index (κ2) is 9.92. The van der Waals surface area contributed by atoms with Gasteiger partial charge in [0.1, 0.15) is 5.69 Å². The maximum Gasteiger partial charge on any atom is 0.269 e. The molecule has 0 unspecified atom stereocenters. The van der Waals surface area contributed by atoms with Crippen LogP contribution in [0.25, 0.3) is 11.1 Å². The zero-order valence-corrected chi connectivity index (χ0v) is 18.7. The molecule has 6 nitrogen and oxygen atoms in total. The second-order valence-electron chi connectivity index (χ2n) is 7.86. The molecule has 1 fully saturated rings. The molecule has 3 heterocycles. The fraction of sp³-hybridized carbons (Fsp3) is 0.280. The van der Waals surface area contributed by atoms with E-state index in [2.05, 4.69) is 15.3 Å². The van der Waals surface area contributed by atoms with Crippen molar-refractivity contribution in [1.29, 1.82) is 0 Å². The van der Waals surface area contributed by atoms with Gasteiger partial charge in [0.15, 0.2) is 0 Å². The van der Waals surface area contributed by atoms with Crippen LogP contribution >= 0.6 is 11.6 Å². The molecule has 7 heteroatoms. The number of hydrogen-bond acceptors (Lipinski definition) is 4. The number of nitrogens with one attached hydrogen (secondary N) is 1. The number of pyridine rings is 2. The molecule has 0 bridgehead atoms. The topological polar surface area (TPSA) is 75.2 Å². The van der Waals surface area contributed by atoms with Gasteiger partial charge in [-0.05, 0) is 49.1 Å². The fourth-order valence-corrected chi connectivity index (χ4v) is 4.27. The molecule has 1 aliphatic heterocycles. The molecule has 164 valence electrons. The predicted molar refractivity (Wildman–Crippen MR) is 124 cm³/mol. The van der Waals surface area contributed by atoms with E-state index in [0.29, 0.717) is 23.6 Å². The van der Waals surface area contributed by atoms with E-state index < -0.39 is 0 Å². The highest BCUT2D eigenvalue weighted by molar-refractivity contribution is 6.30. The Morgan fingerprint density at radius 1 is 1.09 bits per heavy atom. The molecule has 3 aromatic rings. The number of benzene rings is 1. The average molecular weight is 449 g/mol. The second-order valence-corrected chi connectivity index (χ2v) is 8.29. The number of nitrogens with zero attached hydrogens (tertiary/aromatic N) is 3. The number of aryl methyl sites for hydroxylation is 1. The van der Waals surface area contributed by atoms with Crippen LogP contribution < -0.4 is 5.32 Å². The minimum Gasteiger partial charge on any atom is -0.354 e. The van der Waals surface area contributed by atoms with Crippen molar-refractivity contribution in [2.24, 2.45) is 0 Å². The highest BCUT2D eigenvalue weighted by Gasteiger charge is 2.30. The lowest BCUT2D eigenvalue weighted by Crippen LogP contribution is -2.31. The summed E-state index contributed by atoms with van der Waals surface area (Å²) in [4.78, 5) is 35.4. The summed E-state index contributed by atoms with van der Waals surface area (Å²) in [6, 6.07) is 15.2. The molecule has 0 aliphatic carbocycles. The van der Waals surface area contributed by atoms with Gasteiger partial charge in [0.2, 0.25) is 5.91 Å². The van der Waals surface area contributed by atoms with Gasteiger partial charge in [0, 0.05) is 48.6 Å². The van der Waals surface area contributed by atoms with Crippen molar-refractivity contribution in [2.75, 3.05) is 13.6 Å². The van der Waals surface area contributed by atoms with Crippen LogP contribution in [0, 0.1) is 0 Å². The third-order valence-corrected chi connectivity index (χ3v) is 6.01. The highest BCUT2D eigenvalue weighted by Crippen LogP contribution is 2.32. The summed E-state index contributed by atoms with van der Waals surface area (Å²) in [6.45, 7) is 0.757. The van der Waals surface area contributed by atoms with E-state index in [0.717, 1.165) is 41.8 Å². The molecule has 2 aromatic heterocycles. The highest BCUT2D eigenvalue weighted by atomic mass is 35.5. The standard InChI is InChI=1S/C25H25ClN4O2/c1-27-25(32)22-11-9-19(16-29-22)18-8-10-21(28-15-18)23-6-3-13-30(23)24(31)12-7-17-4-2-5-20(26)14-17/h2,4-5,8-11,14-16,23H,3,6-7,12-13H2,1H3,(H,27,32)/t23-/m1/s1. The van der Waals surface area contributed by atoms with E-state index in [1.165, 1.54) is 0 Å². The molecule has 1 aliphatic rings. The van der Waals surface area contributed by atoms with Gasteiger partial charge in [-0.25, -0.2) is 0 Å². The lowest BCUT2D eigenvalue weighted by Gasteiger charge is -2.24. The predicted octanol–water partition coefficient (Wildman–Crippen LogP) is 4.45. The minimum absolute atomic E-state index is 0.00432. The van der Waals surface area contributed by atoms with Crippen LogP contribution in [-0.2, 0) is 11.2 Å². The first-order chi connectivity index (χ1) is 15.5. The molecule has 0 radical (unpaired) electrons. The molecule has 2 amide bonds. The van der Waals surface area contributed by atoms with Gasteiger partial charge < -0.3 is 10.2 Å². The first-order valence-electron chi connectivity index (χ1n) is 10.7. The van der Waals surface area contributed by atoms with Crippen LogP contribution in [0.1, 0.15) is 47.1 Å². The van der Waals surface area contributed by atoms with E-state index >= 15 is 0 Å². The molecular weight excluding hydrogens is 424 g/mol. The molecule has 0 saturated carbocycles. The van der Waals surface area contributed by atoms with Crippen molar-refractivity contribution in [3.63, 3.8) is 0 Å². The van der Waals surface area contributed by atoms with E-state index in [9.17, 15) is 9.59 Å². The van der Waals surface area contributed by atoms with Gasteiger partial charge in [-0.15, -0.1) is 0 Å². The third-order valence-electron chi connectivity index (χ3n) is 5.77. The molecule has 1 aromatic carbocycles. The van der Waals surface area contributed by atoms with Gasteiger partial charge in [-0.3, -0.25) is 19.6 Å². The SMILES string of the molecule is CNC(=O)c1ccc(-c2ccc([C@H]3CCCN3C(=O)CCc3cccc(Cl)c3)nc2)cn1. The van der Waals surface area contributed by atoms with Gasteiger partial charge in [0.05, 0.1) is 11.7 Å². The van der Waals surface area contributed by atoms with E-state index in [-0.39, 0.29) is 17.9 Å². The summed E-state index contributed by atoms with van der Waals surface area (Å²) in [5.74, 6) is -0.0706. The largest absolute Gasteiger partial charge is 0.354 e. The molecule has 32 heavy (non-hydrogen) atoms. The molecule has 0 spiro atoms. The third kappa shape index (κ3) is 4.97. The van der Waals surface area contributed by atoms with Crippen LogP contribution in [0.3, 0.4) is 0 Å². The Morgan fingerprint density at radius 3 is 2.53 bits per heavy atom. The number of rotatable bonds is 6. The number of carbonyl (C=O) groups is 2. The van der Waals surface area contributed by atoms with Crippen LogP contribution in [0.2, 0.25) is 5.02 Å². The maximum absolute atomic E-state index is 12.9. The summed E-state index contributed by atoms with van der Waals surface area (Å²) in [5, 5.41) is 3.25. The van der Waals surface area contributed by atoms with Crippen LogP contribution in [-0.4, -0.2) is 40.3 Å². The normalized spacial score (nSPS) is 15.6. The quantitative estimate of drug-likeness (QED) is 0.604. The summed E-state index contributed by atoms with van der Waals surface area (Å²) in [6.07, 6.45) is 6.49. The Labute approximate surface area is 192 Å². The van der Waals surface area contributed by atoms with Gasteiger partial charge in [0.25, 0.3) is 5.91 Å². The summed E-state index contributed by atoms with van der Waals surface area (Å²) in [7, 11) is 1.58. The summed E-state index contributed by atoms with van der Waals surface area (Å²) >= 11 is 6.05. The first-order valence-corrected chi connectivity index (χ1v) is 11.1. The lowest BCUT2D eigenvalue weighted by atomic mass is 10.1. The zero-order valence-electron chi connectivity index (χ0n) is 17.9. The van der Waals surface area contributed by atoms with E-state index in [1.807, 2.05) is 47.4 Å². The van der Waals surface area contributed by atoms with Crippen molar-refractivity contribution in [3.8, 4) is 11.1 Å². The minimum atomic E-state index is -0.216. The average Bonchev–Trinajstić information content (AvgIpc) is 3.32. The van der Waals surface area contributed by atoms with Crippen molar-refractivity contribution < 1.29 is 9.59 Å². The molecule has 1 saturated heterocycles. The Hall–Kier alpha value is -3.25. The number of likely N-dealkylation sites (tertiary alicyclic amines) is 1. The van der Waals surface area contributed by atoms with E-state index in [1.54, 1.807) is 25.5 Å².